The lowest BCUT2D eigenvalue weighted by molar-refractivity contribution is 0.394. The van der Waals surface area contributed by atoms with E-state index < -0.39 is 0 Å². The lowest BCUT2D eigenvalue weighted by atomic mass is 10.2. The van der Waals surface area contributed by atoms with Gasteiger partial charge in [-0.1, -0.05) is 12.1 Å². The van der Waals surface area contributed by atoms with E-state index in [9.17, 15) is 0 Å². The van der Waals surface area contributed by atoms with E-state index in [4.69, 9.17) is 17.0 Å². The van der Waals surface area contributed by atoms with Gasteiger partial charge >= 0.3 is 0 Å². The van der Waals surface area contributed by atoms with Gasteiger partial charge in [-0.05, 0) is 54.9 Å². The minimum absolute atomic E-state index is 0.665. The molecule has 1 N–H and O–H groups in total. The Hall–Kier alpha value is -2.93. The molecule has 3 aromatic rings. The van der Waals surface area contributed by atoms with E-state index in [0.29, 0.717) is 11.7 Å². The Morgan fingerprint density at radius 3 is 2.86 bits per heavy atom. The Bertz CT molecular complexity index is 883. The molecule has 0 atom stereocenters. The second kappa shape index (κ2) is 9.85. The third kappa shape index (κ3) is 5.53. The monoisotopic (exact) mass is 395 g/mol. The summed E-state index contributed by atoms with van der Waals surface area (Å²) in [7, 11) is 1.66. The van der Waals surface area contributed by atoms with Gasteiger partial charge in [-0.15, -0.1) is 0 Å². The van der Waals surface area contributed by atoms with Crippen molar-refractivity contribution in [3.8, 4) is 5.75 Å². The van der Waals surface area contributed by atoms with Crippen LogP contribution in [0.15, 0.2) is 61.4 Å². The molecule has 0 fully saturated rings. The number of imidazole rings is 1. The molecule has 3 rings (SSSR count). The van der Waals surface area contributed by atoms with Crippen LogP contribution in [0.25, 0.3) is 0 Å². The van der Waals surface area contributed by atoms with E-state index in [-0.39, 0.29) is 0 Å². The van der Waals surface area contributed by atoms with Crippen molar-refractivity contribution in [2.45, 2.75) is 26.4 Å². The number of rotatable bonds is 8. The van der Waals surface area contributed by atoms with Crippen LogP contribution in [0.5, 0.6) is 5.75 Å². The Labute approximate surface area is 171 Å². The molecule has 0 bridgehead atoms. The van der Waals surface area contributed by atoms with Gasteiger partial charge < -0.3 is 19.5 Å². The van der Waals surface area contributed by atoms with Crippen molar-refractivity contribution in [2.75, 3.05) is 19.0 Å². The maximum absolute atomic E-state index is 5.74. The Balaban J connectivity index is 1.71. The molecule has 7 heteroatoms. The van der Waals surface area contributed by atoms with Crippen LogP contribution in [-0.4, -0.2) is 38.2 Å². The number of aromatic nitrogens is 3. The first-order valence-electron chi connectivity index (χ1n) is 9.21. The standard InChI is InChI=1S/C21H25N5OS/c1-17-6-7-20(27-2)19(13-17)24-21(28)26(15-18-5-3-8-22-14-18)11-4-10-25-12-9-23-16-25/h3,5-9,12-14,16H,4,10-11,15H2,1-2H3,(H,24,28). The number of anilines is 1. The fourth-order valence-electron chi connectivity index (χ4n) is 2.94. The molecular weight excluding hydrogens is 370 g/mol. The van der Waals surface area contributed by atoms with Crippen molar-refractivity contribution in [2.24, 2.45) is 0 Å². The van der Waals surface area contributed by atoms with E-state index >= 15 is 0 Å². The highest BCUT2D eigenvalue weighted by atomic mass is 32.1. The topological polar surface area (TPSA) is 55.2 Å². The largest absolute Gasteiger partial charge is 0.495 e. The first kappa shape index (κ1) is 19.8. The van der Waals surface area contributed by atoms with E-state index in [0.717, 1.165) is 42.1 Å². The Morgan fingerprint density at radius 1 is 1.25 bits per heavy atom. The van der Waals surface area contributed by atoms with E-state index in [1.807, 2.05) is 49.9 Å². The van der Waals surface area contributed by atoms with Gasteiger partial charge in [0.25, 0.3) is 0 Å². The van der Waals surface area contributed by atoms with Crippen LogP contribution < -0.4 is 10.1 Å². The fraction of sp³-hybridized carbons (Fsp3) is 0.286. The predicted molar refractivity (Wildman–Crippen MR) is 115 cm³/mol. The molecule has 1 aromatic carbocycles. The molecule has 0 amide bonds. The van der Waals surface area contributed by atoms with Crippen LogP contribution >= 0.6 is 12.2 Å². The number of aryl methyl sites for hydroxylation is 2. The number of hydrogen-bond acceptors (Lipinski definition) is 4. The minimum Gasteiger partial charge on any atom is -0.495 e. The number of benzene rings is 1. The molecule has 0 radical (unpaired) electrons. The zero-order valence-corrected chi connectivity index (χ0v) is 17.0. The maximum Gasteiger partial charge on any atom is 0.173 e. The molecule has 146 valence electrons. The average Bonchev–Trinajstić information content (AvgIpc) is 3.22. The van der Waals surface area contributed by atoms with Crippen LogP contribution in [0.3, 0.4) is 0 Å². The molecule has 0 saturated heterocycles. The van der Waals surface area contributed by atoms with Crippen molar-refractivity contribution in [1.82, 2.24) is 19.4 Å². The molecule has 0 saturated carbocycles. The second-order valence-corrected chi connectivity index (χ2v) is 6.96. The quantitative estimate of drug-likeness (QED) is 0.584. The molecule has 0 aliphatic rings. The highest BCUT2D eigenvalue weighted by Crippen LogP contribution is 2.25. The van der Waals surface area contributed by atoms with Crippen molar-refractivity contribution < 1.29 is 4.74 Å². The molecule has 0 aliphatic carbocycles. The molecule has 0 aliphatic heterocycles. The summed E-state index contributed by atoms with van der Waals surface area (Å²) in [6.45, 7) is 4.44. The van der Waals surface area contributed by atoms with Crippen LogP contribution in [0, 0.1) is 6.92 Å². The van der Waals surface area contributed by atoms with Gasteiger partial charge in [0.05, 0.1) is 19.1 Å². The Kier molecular flexibility index (Phi) is 6.97. The lowest BCUT2D eigenvalue weighted by Crippen LogP contribution is -2.35. The smallest absolute Gasteiger partial charge is 0.173 e. The summed E-state index contributed by atoms with van der Waals surface area (Å²) in [4.78, 5) is 10.5. The third-order valence-electron chi connectivity index (χ3n) is 4.38. The van der Waals surface area contributed by atoms with Crippen molar-refractivity contribution in [3.05, 3.63) is 72.6 Å². The fourth-order valence-corrected chi connectivity index (χ4v) is 3.21. The van der Waals surface area contributed by atoms with Crippen molar-refractivity contribution >= 4 is 23.0 Å². The number of hydrogen-bond donors (Lipinski definition) is 1. The molecule has 28 heavy (non-hydrogen) atoms. The maximum atomic E-state index is 5.74. The summed E-state index contributed by atoms with van der Waals surface area (Å²) in [6.07, 6.45) is 10.2. The SMILES string of the molecule is COc1ccc(C)cc1NC(=S)N(CCCn1ccnc1)Cc1cccnc1. The average molecular weight is 396 g/mol. The second-order valence-electron chi connectivity index (χ2n) is 6.57. The number of nitrogens with zero attached hydrogens (tertiary/aromatic N) is 4. The van der Waals surface area contributed by atoms with Crippen molar-refractivity contribution in [1.29, 1.82) is 0 Å². The predicted octanol–water partition coefficient (Wildman–Crippen LogP) is 3.88. The van der Waals surface area contributed by atoms with Gasteiger partial charge in [-0.25, -0.2) is 4.98 Å². The van der Waals surface area contributed by atoms with Crippen LogP contribution in [-0.2, 0) is 13.1 Å². The number of pyridine rings is 1. The summed E-state index contributed by atoms with van der Waals surface area (Å²) in [5, 5.41) is 4.02. The molecule has 2 heterocycles. The molecule has 0 spiro atoms. The first-order chi connectivity index (χ1) is 13.7. The number of thiocarbonyl (C=S) groups is 1. The summed E-state index contributed by atoms with van der Waals surface area (Å²) < 4.78 is 7.54. The van der Waals surface area contributed by atoms with Gasteiger partial charge in [-0.2, -0.15) is 0 Å². The van der Waals surface area contributed by atoms with Crippen LogP contribution in [0.2, 0.25) is 0 Å². The normalized spacial score (nSPS) is 10.5. The molecule has 6 nitrogen and oxygen atoms in total. The number of nitrogens with one attached hydrogen (secondary N) is 1. The van der Waals surface area contributed by atoms with Crippen LogP contribution in [0.1, 0.15) is 17.5 Å². The summed E-state index contributed by atoms with van der Waals surface area (Å²) >= 11 is 5.74. The van der Waals surface area contributed by atoms with E-state index in [2.05, 4.69) is 30.8 Å². The lowest BCUT2D eigenvalue weighted by Gasteiger charge is -2.26. The summed E-state index contributed by atoms with van der Waals surface area (Å²) in [6, 6.07) is 10.0. The Morgan fingerprint density at radius 2 is 2.14 bits per heavy atom. The van der Waals surface area contributed by atoms with Crippen molar-refractivity contribution in [3.63, 3.8) is 0 Å². The third-order valence-corrected chi connectivity index (χ3v) is 4.74. The zero-order valence-electron chi connectivity index (χ0n) is 16.2. The highest BCUT2D eigenvalue weighted by Gasteiger charge is 2.13. The summed E-state index contributed by atoms with van der Waals surface area (Å²) in [5.74, 6) is 0.771. The number of ether oxygens (including phenoxy) is 1. The van der Waals surface area contributed by atoms with Gasteiger partial charge in [-0.3, -0.25) is 4.98 Å². The van der Waals surface area contributed by atoms with Gasteiger partial charge in [0.1, 0.15) is 5.75 Å². The van der Waals surface area contributed by atoms with E-state index in [1.54, 1.807) is 19.5 Å². The first-order valence-corrected chi connectivity index (χ1v) is 9.62. The minimum atomic E-state index is 0.665. The van der Waals surface area contributed by atoms with Gasteiger partial charge in [0.15, 0.2) is 5.11 Å². The highest BCUT2D eigenvalue weighted by molar-refractivity contribution is 7.80. The molecular formula is C21H25N5OS. The van der Waals surface area contributed by atoms with Gasteiger partial charge in [0.2, 0.25) is 0 Å². The zero-order chi connectivity index (χ0) is 19.8. The molecule has 2 aromatic heterocycles. The number of methoxy groups -OCH3 is 1. The van der Waals surface area contributed by atoms with E-state index in [1.165, 1.54) is 0 Å². The molecule has 0 unspecified atom stereocenters. The summed E-state index contributed by atoms with van der Waals surface area (Å²) in [5.41, 5.74) is 3.13. The van der Waals surface area contributed by atoms with Gasteiger partial charge in [0, 0.05) is 44.4 Å². The van der Waals surface area contributed by atoms with Crippen LogP contribution in [0.4, 0.5) is 5.69 Å².